The van der Waals surface area contributed by atoms with Crippen LogP contribution in [0, 0.1) is 20.2 Å². The van der Waals surface area contributed by atoms with Gasteiger partial charge in [-0.25, -0.2) is 0 Å². The summed E-state index contributed by atoms with van der Waals surface area (Å²) >= 11 is 0. The second-order valence-corrected chi connectivity index (χ2v) is 11.2. The second-order valence-electron chi connectivity index (χ2n) is 7.82. The van der Waals surface area contributed by atoms with E-state index in [1.165, 1.54) is 21.2 Å². The largest absolute Gasteiger partial charge is 0.649 e. The van der Waals surface area contributed by atoms with Gasteiger partial charge in [0.05, 0.1) is 0 Å². The van der Waals surface area contributed by atoms with Crippen LogP contribution in [-0.4, -0.2) is 25.4 Å². The van der Waals surface area contributed by atoms with Crippen molar-refractivity contribution in [3.05, 3.63) is 147 Å². The third-order valence-corrected chi connectivity index (χ3v) is 9.95. The highest BCUT2D eigenvalue weighted by Crippen LogP contribution is 2.53. The number of nitrogens with zero attached hydrogens (tertiary/aromatic N) is 6. The number of halogens is 1. The van der Waals surface area contributed by atoms with Crippen LogP contribution in [0.15, 0.2) is 121 Å². The summed E-state index contributed by atoms with van der Waals surface area (Å²) in [6.07, 6.45) is 0. The van der Waals surface area contributed by atoms with Gasteiger partial charge in [-0.3, -0.25) is 30.5 Å². The van der Waals surface area contributed by atoms with Gasteiger partial charge in [0, 0.05) is 0 Å². The van der Waals surface area contributed by atoms with Gasteiger partial charge in [-0.05, 0) is 48.5 Å². The van der Waals surface area contributed by atoms with Crippen molar-refractivity contribution in [1.29, 1.82) is 0 Å². The Labute approximate surface area is 216 Å². The molecule has 12 heteroatoms. The Morgan fingerprint density at radius 2 is 0.947 bits per heavy atom. The lowest BCUT2D eigenvalue weighted by molar-refractivity contribution is -0.847. The van der Waals surface area contributed by atoms with Gasteiger partial charge in [0.15, 0.2) is 0 Å². The lowest BCUT2D eigenvalue weighted by Gasteiger charge is -2.27. The van der Waals surface area contributed by atoms with E-state index in [1.807, 2.05) is 0 Å². The fourth-order valence-corrected chi connectivity index (χ4v) is 8.27. The molecule has 0 saturated carbocycles. The first-order chi connectivity index (χ1) is 18.4. The molecule has 0 aliphatic heterocycles. The third kappa shape index (κ3) is 4.87. The van der Waals surface area contributed by atoms with Crippen LogP contribution in [-0.2, 0) is 5.92 Å². The minimum atomic E-state index is -4.08. The van der Waals surface area contributed by atoms with Crippen LogP contribution in [0.3, 0.4) is 0 Å². The van der Waals surface area contributed by atoms with Gasteiger partial charge in [0.25, 0.3) is 0 Å². The Balaban J connectivity index is 0.000000219. The van der Waals surface area contributed by atoms with Crippen molar-refractivity contribution in [2.45, 2.75) is 5.92 Å². The summed E-state index contributed by atoms with van der Waals surface area (Å²) in [4.78, 5) is 16.5. The van der Waals surface area contributed by atoms with Gasteiger partial charge >= 0.3 is 5.92 Å². The lowest BCUT2D eigenvalue weighted by atomic mass is 10.3. The molecule has 10 nitrogen and oxygen atoms in total. The molecule has 0 fully saturated rings. The number of tetrazole rings is 1. The number of rotatable bonds is 7. The van der Waals surface area contributed by atoms with Crippen molar-refractivity contribution in [2.24, 2.45) is 0 Å². The highest BCUT2D eigenvalue weighted by Gasteiger charge is 2.60. The van der Waals surface area contributed by atoms with E-state index in [0.29, 0.717) is 0 Å². The number of alkyl halides is 1. The van der Waals surface area contributed by atoms with Gasteiger partial charge in [-0.15, -0.1) is 0 Å². The maximum Gasteiger partial charge on any atom is 0.649 e. The third-order valence-electron chi connectivity index (χ3n) is 5.66. The molecule has 1 aromatic heterocycles. The highest BCUT2D eigenvalue weighted by molar-refractivity contribution is 8.01. The van der Waals surface area contributed by atoms with Crippen molar-refractivity contribution in [2.75, 3.05) is 0 Å². The summed E-state index contributed by atoms with van der Waals surface area (Å²) in [6, 6.07) is 43.8. The number of hydrogen-bond acceptors (Lipinski definition) is 7. The van der Waals surface area contributed by atoms with Crippen molar-refractivity contribution in [3.8, 4) is 0 Å². The van der Waals surface area contributed by atoms with Gasteiger partial charge in [0.1, 0.15) is 38.3 Å². The van der Waals surface area contributed by atoms with E-state index < -0.39 is 28.9 Å². The topological polar surface area (TPSA) is 139 Å². The van der Waals surface area contributed by atoms with Crippen LogP contribution in [0.5, 0.6) is 0 Å². The van der Waals surface area contributed by atoms with Crippen LogP contribution in [0.1, 0.15) is 5.82 Å². The van der Waals surface area contributed by atoms with Gasteiger partial charge in [0.2, 0.25) is 5.82 Å². The fourth-order valence-electron chi connectivity index (χ4n) is 4.00. The van der Waals surface area contributed by atoms with Crippen LogP contribution in [0.2, 0.25) is 0 Å². The van der Waals surface area contributed by atoms with Gasteiger partial charge < -0.3 is 5.10 Å². The Hall–Kier alpha value is -4.89. The Morgan fingerprint density at radius 3 is 1.18 bits per heavy atom. The lowest BCUT2D eigenvalue weighted by Crippen LogP contribution is -2.40. The van der Waals surface area contributed by atoms with E-state index in [0.717, 1.165) is 0 Å². The molecule has 5 aromatic rings. The zero-order chi connectivity index (χ0) is 27.0. The molecule has 5 rings (SSSR count). The summed E-state index contributed by atoms with van der Waals surface area (Å²) in [5.41, 5.74) is 0. The maximum atomic E-state index is 13.0. The summed E-state index contributed by atoms with van der Waals surface area (Å²) < 4.78 is 13.0. The summed E-state index contributed by atoms with van der Waals surface area (Å²) in [5.74, 6) is -5.38. The monoisotopic (exact) mass is 530 g/mol. The first-order valence-electron chi connectivity index (χ1n) is 11.2. The predicted molar refractivity (Wildman–Crippen MR) is 141 cm³/mol. The number of benzene rings is 4. The van der Waals surface area contributed by atoms with Gasteiger partial charge in [-0.1, -0.05) is 77.2 Å². The summed E-state index contributed by atoms with van der Waals surface area (Å²) in [6.45, 7) is 0. The number of hydrogen-bond donors (Lipinski definition) is 0. The average Bonchev–Trinajstić information content (AvgIpc) is 3.51. The molecule has 38 heavy (non-hydrogen) atoms. The molecule has 0 aliphatic carbocycles. The van der Waals surface area contributed by atoms with E-state index in [9.17, 15) is 24.6 Å². The second kappa shape index (κ2) is 11.4. The molecule has 0 amide bonds. The molecule has 0 saturated heterocycles. The van der Waals surface area contributed by atoms with E-state index in [2.05, 4.69) is 142 Å². The SMILES string of the molecule is O=[N+]([O-])C(F)(c1nnn[n-]1)[N+](=O)[O-].c1ccc([P+](c2ccccc2)(c2ccccc2)c2ccccc2)cc1. The zero-order valence-corrected chi connectivity index (χ0v) is 20.6. The molecule has 0 aliphatic rings. The van der Waals surface area contributed by atoms with E-state index in [1.54, 1.807) is 0 Å². The summed E-state index contributed by atoms with van der Waals surface area (Å²) in [5, 5.41) is 36.4. The van der Waals surface area contributed by atoms with Crippen LogP contribution in [0.25, 0.3) is 0 Å². The molecule has 0 spiro atoms. The minimum Gasteiger partial charge on any atom is -0.319 e. The molecule has 1 heterocycles. The van der Waals surface area contributed by atoms with Gasteiger partial charge in [-0.2, -0.15) is 5.21 Å². The smallest absolute Gasteiger partial charge is 0.319 e. The molecule has 0 N–H and O–H groups in total. The molecular formula is C26H20FN6O4P. The van der Waals surface area contributed by atoms with Crippen LogP contribution in [0.4, 0.5) is 4.39 Å². The summed E-state index contributed by atoms with van der Waals surface area (Å²) in [7, 11) is -1.91. The zero-order valence-electron chi connectivity index (χ0n) is 19.7. The highest BCUT2D eigenvalue weighted by atomic mass is 31.2. The minimum absolute atomic E-state index is 1.30. The van der Waals surface area contributed by atoms with E-state index in [-0.39, 0.29) is 0 Å². The number of nitro groups is 2. The number of aromatic nitrogens is 4. The van der Waals surface area contributed by atoms with Crippen molar-refractivity contribution in [1.82, 2.24) is 20.6 Å². The van der Waals surface area contributed by atoms with Crippen molar-refractivity contribution in [3.63, 3.8) is 0 Å². The molecule has 0 atom stereocenters. The normalized spacial score (nSPS) is 11.2. The first-order valence-corrected chi connectivity index (χ1v) is 13.0. The first kappa shape index (κ1) is 26.2. The predicted octanol–water partition coefficient (Wildman–Crippen LogP) is 2.77. The molecule has 0 bridgehead atoms. The maximum absolute atomic E-state index is 13.0. The van der Waals surface area contributed by atoms with E-state index >= 15 is 0 Å². The fraction of sp³-hybridized carbons (Fsp3) is 0.0385. The average molecular weight is 530 g/mol. The van der Waals surface area contributed by atoms with Crippen LogP contribution < -0.4 is 26.3 Å². The van der Waals surface area contributed by atoms with Crippen molar-refractivity contribution >= 4 is 28.5 Å². The molecule has 0 unspecified atom stereocenters. The molecular weight excluding hydrogens is 510 g/mol. The molecule has 0 radical (unpaired) electrons. The molecule has 4 aromatic carbocycles. The quantitative estimate of drug-likeness (QED) is 0.103. The molecule has 190 valence electrons. The Bertz CT molecular complexity index is 1300. The standard InChI is InChI=1S/C24H20P.C2FN6O4/c1-5-13-21(14-6-1)25(22-15-7-2-8-16-22,23-17-9-3-10-18-23)24-19-11-4-12-20-24;3-2(8(10)11,9(12)13)1-4-6-7-5-1/h1-20H;/q+1;-1. The Kier molecular flexibility index (Phi) is 7.88. The Morgan fingerprint density at radius 1 is 0.632 bits per heavy atom. The van der Waals surface area contributed by atoms with E-state index in [4.69, 9.17) is 0 Å². The van der Waals surface area contributed by atoms with Crippen LogP contribution >= 0.6 is 7.26 Å². The van der Waals surface area contributed by atoms with Crippen molar-refractivity contribution < 1.29 is 14.2 Å².